The lowest BCUT2D eigenvalue weighted by Gasteiger charge is -2.32. The number of amides is 2. The molecule has 1 N–H and O–H groups in total. The van der Waals surface area contributed by atoms with Crippen LogP contribution in [0.3, 0.4) is 0 Å². The number of piperidine rings is 1. The maximum absolute atomic E-state index is 12.0. The molecule has 16 heavy (non-hydrogen) atoms. The highest BCUT2D eigenvalue weighted by molar-refractivity contribution is 6.21. The van der Waals surface area contributed by atoms with E-state index in [1.807, 2.05) is 4.90 Å². The van der Waals surface area contributed by atoms with Crippen molar-refractivity contribution in [3.8, 4) is 0 Å². The summed E-state index contributed by atoms with van der Waals surface area (Å²) >= 11 is 6.23. The number of halogens is 1. The van der Waals surface area contributed by atoms with Gasteiger partial charge in [0.1, 0.15) is 0 Å². The van der Waals surface area contributed by atoms with E-state index in [0.29, 0.717) is 0 Å². The van der Waals surface area contributed by atoms with Gasteiger partial charge >= 0.3 is 6.03 Å². The van der Waals surface area contributed by atoms with E-state index in [1.54, 1.807) is 0 Å². The van der Waals surface area contributed by atoms with E-state index >= 15 is 0 Å². The van der Waals surface area contributed by atoms with Gasteiger partial charge in [0.2, 0.25) is 0 Å². The highest BCUT2D eigenvalue weighted by atomic mass is 35.5. The van der Waals surface area contributed by atoms with Crippen molar-refractivity contribution in [3.05, 3.63) is 0 Å². The Kier molecular flexibility index (Phi) is 4.33. The van der Waals surface area contributed by atoms with Crippen molar-refractivity contribution < 1.29 is 4.79 Å². The molecule has 2 aliphatic rings. The summed E-state index contributed by atoms with van der Waals surface area (Å²) in [4.78, 5) is 13.9. The first-order chi connectivity index (χ1) is 7.77. The van der Waals surface area contributed by atoms with Crippen LogP contribution in [0.1, 0.15) is 44.9 Å². The summed E-state index contributed by atoms with van der Waals surface area (Å²) in [5, 5.41) is 3.22. The van der Waals surface area contributed by atoms with Crippen molar-refractivity contribution in [1.29, 1.82) is 0 Å². The minimum Gasteiger partial charge on any atom is -0.334 e. The quantitative estimate of drug-likeness (QED) is 0.707. The number of nitrogens with one attached hydrogen (secondary N) is 1. The molecule has 0 aromatic rings. The van der Waals surface area contributed by atoms with Crippen LogP contribution in [0.4, 0.5) is 4.79 Å². The Morgan fingerprint density at radius 1 is 1.06 bits per heavy atom. The first-order valence-electron chi connectivity index (χ1n) is 6.47. The summed E-state index contributed by atoms with van der Waals surface area (Å²) in [5.41, 5.74) is 0. The minimum atomic E-state index is 0.0947. The molecule has 0 radical (unpaired) electrons. The molecular weight excluding hydrogens is 224 g/mol. The van der Waals surface area contributed by atoms with Gasteiger partial charge in [-0.25, -0.2) is 4.79 Å². The van der Waals surface area contributed by atoms with Crippen molar-refractivity contribution in [2.75, 3.05) is 13.1 Å². The second kappa shape index (κ2) is 5.76. The van der Waals surface area contributed by atoms with Crippen LogP contribution in [0.15, 0.2) is 0 Å². The van der Waals surface area contributed by atoms with Crippen LogP contribution in [-0.2, 0) is 0 Å². The molecular formula is C12H21ClN2O. The van der Waals surface area contributed by atoms with Gasteiger partial charge in [0.15, 0.2) is 0 Å². The zero-order valence-electron chi connectivity index (χ0n) is 9.75. The summed E-state index contributed by atoms with van der Waals surface area (Å²) in [7, 11) is 0. The fraction of sp³-hybridized carbons (Fsp3) is 0.917. The third-order valence-electron chi connectivity index (χ3n) is 3.63. The van der Waals surface area contributed by atoms with E-state index < -0.39 is 0 Å². The normalized spacial score (nSPS) is 31.2. The lowest BCUT2D eigenvalue weighted by atomic mass is 9.95. The predicted octanol–water partition coefficient (Wildman–Crippen LogP) is 2.73. The van der Waals surface area contributed by atoms with E-state index in [4.69, 9.17) is 11.6 Å². The molecule has 1 heterocycles. The van der Waals surface area contributed by atoms with Gasteiger partial charge in [0.25, 0.3) is 0 Å². The van der Waals surface area contributed by atoms with E-state index in [2.05, 4.69) is 5.32 Å². The van der Waals surface area contributed by atoms with Crippen LogP contribution in [-0.4, -0.2) is 35.4 Å². The number of alkyl halides is 1. The number of nitrogens with zero attached hydrogens (tertiary/aromatic N) is 1. The second-order valence-electron chi connectivity index (χ2n) is 4.90. The minimum absolute atomic E-state index is 0.0947. The smallest absolute Gasteiger partial charge is 0.317 e. The first-order valence-corrected chi connectivity index (χ1v) is 6.90. The van der Waals surface area contributed by atoms with Crippen molar-refractivity contribution >= 4 is 17.6 Å². The van der Waals surface area contributed by atoms with E-state index in [0.717, 1.165) is 38.8 Å². The summed E-state index contributed by atoms with van der Waals surface area (Å²) < 4.78 is 0. The SMILES string of the molecule is O=C(N[C@H]1CCCC[C@@H]1Cl)N1CCCCC1. The van der Waals surface area contributed by atoms with Crippen molar-refractivity contribution in [2.45, 2.75) is 56.4 Å². The number of hydrogen-bond donors (Lipinski definition) is 1. The highest BCUT2D eigenvalue weighted by Gasteiger charge is 2.26. The topological polar surface area (TPSA) is 32.3 Å². The third kappa shape index (κ3) is 3.03. The molecule has 1 saturated heterocycles. The summed E-state index contributed by atoms with van der Waals surface area (Å²) in [6, 6.07) is 0.280. The van der Waals surface area contributed by atoms with E-state index in [-0.39, 0.29) is 17.5 Å². The van der Waals surface area contributed by atoms with Crippen molar-refractivity contribution in [2.24, 2.45) is 0 Å². The third-order valence-corrected chi connectivity index (χ3v) is 4.16. The number of hydrogen-bond acceptors (Lipinski definition) is 1. The van der Waals surface area contributed by atoms with Crippen LogP contribution in [0.2, 0.25) is 0 Å². The molecule has 0 bridgehead atoms. The first kappa shape index (κ1) is 12.0. The average Bonchev–Trinajstić information content (AvgIpc) is 2.33. The predicted molar refractivity (Wildman–Crippen MR) is 65.9 cm³/mol. The van der Waals surface area contributed by atoms with E-state index in [9.17, 15) is 4.79 Å². The van der Waals surface area contributed by atoms with Gasteiger partial charge in [0.05, 0.1) is 5.38 Å². The Labute approximate surface area is 103 Å². The Hall–Kier alpha value is -0.440. The zero-order valence-corrected chi connectivity index (χ0v) is 10.5. The van der Waals surface area contributed by atoms with Gasteiger partial charge in [-0.05, 0) is 32.1 Å². The number of carbonyl (C=O) groups excluding carboxylic acids is 1. The molecule has 1 saturated carbocycles. The zero-order chi connectivity index (χ0) is 11.4. The average molecular weight is 245 g/mol. The van der Waals surface area contributed by atoms with Gasteiger partial charge in [-0.15, -0.1) is 11.6 Å². The Morgan fingerprint density at radius 3 is 2.44 bits per heavy atom. The number of likely N-dealkylation sites (tertiary alicyclic amines) is 1. The molecule has 0 unspecified atom stereocenters. The molecule has 1 aliphatic carbocycles. The molecule has 2 rings (SSSR count). The molecule has 4 heteroatoms. The number of rotatable bonds is 1. The fourth-order valence-corrected chi connectivity index (χ4v) is 2.94. The van der Waals surface area contributed by atoms with Crippen LogP contribution >= 0.6 is 11.6 Å². The molecule has 0 aromatic heterocycles. The molecule has 1 aliphatic heterocycles. The maximum Gasteiger partial charge on any atom is 0.317 e. The van der Waals surface area contributed by atoms with E-state index in [1.165, 1.54) is 19.3 Å². The largest absolute Gasteiger partial charge is 0.334 e. The summed E-state index contributed by atoms with van der Waals surface area (Å²) in [6.07, 6.45) is 7.99. The monoisotopic (exact) mass is 244 g/mol. The van der Waals surface area contributed by atoms with Crippen molar-refractivity contribution in [3.63, 3.8) is 0 Å². The number of urea groups is 1. The summed E-state index contributed by atoms with van der Waals surface area (Å²) in [6.45, 7) is 1.82. The molecule has 0 spiro atoms. The molecule has 92 valence electrons. The second-order valence-corrected chi connectivity index (χ2v) is 5.46. The lowest BCUT2D eigenvalue weighted by molar-refractivity contribution is 0.179. The Morgan fingerprint density at radius 2 is 1.75 bits per heavy atom. The van der Waals surface area contributed by atoms with Gasteiger partial charge < -0.3 is 10.2 Å². The van der Waals surface area contributed by atoms with Crippen LogP contribution < -0.4 is 5.32 Å². The Bertz CT molecular complexity index is 241. The molecule has 2 amide bonds. The molecule has 3 nitrogen and oxygen atoms in total. The van der Waals surface area contributed by atoms with Crippen molar-refractivity contribution in [1.82, 2.24) is 10.2 Å². The number of carbonyl (C=O) groups is 1. The standard InChI is InChI=1S/C12H21ClN2O/c13-10-6-2-3-7-11(10)14-12(16)15-8-4-1-5-9-15/h10-11H,1-9H2,(H,14,16)/t10-,11-/m0/s1. The molecule has 2 fully saturated rings. The Balaban J connectivity index is 1.80. The fourth-order valence-electron chi connectivity index (χ4n) is 2.60. The molecule has 2 atom stereocenters. The van der Waals surface area contributed by atoms with Gasteiger partial charge in [0, 0.05) is 19.1 Å². The van der Waals surface area contributed by atoms with Gasteiger partial charge in [-0.1, -0.05) is 12.8 Å². The van der Waals surface area contributed by atoms with Crippen LogP contribution in [0.25, 0.3) is 0 Å². The highest BCUT2D eigenvalue weighted by Crippen LogP contribution is 2.23. The van der Waals surface area contributed by atoms with Crippen LogP contribution in [0.5, 0.6) is 0 Å². The summed E-state index contributed by atoms with van der Waals surface area (Å²) in [5.74, 6) is 0. The maximum atomic E-state index is 12.0. The van der Waals surface area contributed by atoms with Crippen LogP contribution in [0, 0.1) is 0 Å². The molecule has 0 aromatic carbocycles. The lowest BCUT2D eigenvalue weighted by Crippen LogP contribution is -2.50. The van der Waals surface area contributed by atoms with Gasteiger partial charge in [-0.3, -0.25) is 0 Å². The van der Waals surface area contributed by atoms with Gasteiger partial charge in [-0.2, -0.15) is 0 Å².